The second-order valence-corrected chi connectivity index (χ2v) is 3.14. The summed E-state index contributed by atoms with van der Waals surface area (Å²) in [5.74, 6) is -0.977. The number of rotatable bonds is 1. The quantitative estimate of drug-likeness (QED) is 0.805. The summed E-state index contributed by atoms with van der Waals surface area (Å²) in [6.07, 6.45) is 4.67. The number of hydrogen-bond donors (Lipinski definition) is 1. The fourth-order valence-corrected chi connectivity index (χ4v) is 1.35. The Morgan fingerprint density at radius 1 is 1.50 bits per heavy atom. The van der Waals surface area contributed by atoms with Crippen molar-refractivity contribution in [3.63, 3.8) is 0 Å². The van der Waals surface area contributed by atoms with Gasteiger partial charge >= 0.3 is 5.97 Å². The summed E-state index contributed by atoms with van der Waals surface area (Å²) in [6.45, 7) is 0. The summed E-state index contributed by atoms with van der Waals surface area (Å²) in [4.78, 5) is 18.7. The Kier molecular flexibility index (Phi) is 3.94. The average molecular weight is 309 g/mol. The van der Waals surface area contributed by atoms with E-state index in [1.165, 1.54) is 12.3 Å². The van der Waals surface area contributed by atoms with Crippen molar-refractivity contribution < 1.29 is 30.3 Å². The number of hydrogen-bond acceptors (Lipinski definition) is 3. The van der Waals surface area contributed by atoms with Crippen molar-refractivity contribution in [2.45, 2.75) is 6.42 Å². The van der Waals surface area contributed by atoms with Gasteiger partial charge in [0.1, 0.15) is 0 Å². The van der Waals surface area contributed by atoms with E-state index in [1.54, 1.807) is 12.3 Å². The molecule has 0 aliphatic carbocycles. The maximum Gasteiger partial charge on any atom is 0.331 e. The van der Waals surface area contributed by atoms with Gasteiger partial charge in [0.05, 0.1) is 0 Å². The third-order valence-electron chi connectivity index (χ3n) is 2.05. The molecule has 1 aliphatic heterocycles. The molecule has 0 saturated heterocycles. The molecule has 6 heteroatoms. The molecular formula is C10H8N3O2Pd-. The van der Waals surface area contributed by atoms with E-state index in [4.69, 9.17) is 10.8 Å². The Morgan fingerprint density at radius 2 is 2.25 bits per heavy atom. The third-order valence-corrected chi connectivity index (χ3v) is 2.05. The van der Waals surface area contributed by atoms with Crippen LogP contribution in [0.1, 0.15) is 12.0 Å². The maximum atomic E-state index is 10.8. The van der Waals surface area contributed by atoms with Crippen molar-refractivity contribution in [2.24, 2.45) is 4.99 Å². The molecule has 1 aromatic heterocycles. The first-order valence-corrected chi connectivity index (χ1v) is 4.34. The van der Waals surface area contributed by atoms with Gasteiger partial charge in [-0.2, -0.15) is 0 Å². The number of aromatic nitrogens is 1. The van der Waals surface area contributed by atoms with Crippen LogP contribution in [0.15, 0.2) is 29.0 Å². The topological polar surface area (TPSA) is 86.4 Å². The smallest absolute Gasteiger partial charge is 0.331 e. The fourth-order valence-electron chi connectivity index (χ4n) is 1.35. The van der Waals surface area contributed by atoms with E-state index in [-0.39, 0.29) is 38.3 Å². The van der Waals surface area contributed by atoms with Gasteiger partial charge in [-0.1, -0.05) is 5.84 Å². The summed E-state index contributed by atoms with van der Waals surface area (Å²) in [6, 6.07) is 1.68. The summed E-state index contributed by atoms with van der Waals surface area (Å²) >= 11 is 0. The van der Waals surface area contributed by atoms with E-state index >= 15 is 0 Å². The first-order chi connectivity index (χ1) is 7.16. The number of aliphatic carboxylic acids is 1. The van der Waals surface area contributed by atoms with Gasteiger partial charge in [-0.3, -0.25) is 4.98 Å². The molecule has 0 atom stereocenters. The van der Waals surface area contributed by atoms with E-state index in [1.807, 2.05) is 0 Å². The molecule has 0 unspecified atom stereocenters. The predicted octanol–water partition coefficient (Wildman–Crippen LogP) is 2.03. The molecule has 0 aromatic carbocycles. The maximum absolute atomic E-state index is 10.8. The molecule has 86 valence electrons. The van der Waals surface area contributed by atoms with Crippen LogP contribution in [0, 0.1) is 0 Å². The second-order valence-electron chi connectivity index (χ2n) is 3.14. The van der Waals surface area contributed by atoms with Gasteiger partial charge in [0, 0.05) is 38.4 Å². The van der Waals surface area contributed by atoms with Gasteiger partial charge < -0.3 is 15.8 Å². The zero-order valence-electron chi connectivity index (χ0n) is 8.08. The van der Waals surface area contributed by atoms with Gasteiger partial charge in [0.15, 0.2) is 0 Å². The largest absolute Gasteiger partial charge is 0.485 e. The number of carbonyl (C=O) groups is 1. The van der Waals surface area contributed by atoms with Crippen molar-refractivity contribution in [1.29, 1.82) is 0 Å². The summed E-state index contributed by atoms with van der Waals surface area (Å²) in [5.41, 5.74) is 8.88. The van der Waals surface area contributed by atoms with Gasteiger partial charge in [0.2, 0.25) is 0 Å². The van der Waals surface area contributed by atoms with Gasteiger partial charge in [-0.05, 0) is 29.8 Å². The normalized spacial score (nSPS) is 13.8. The standard InChI is InChI=1S/C10H9N3O2.Pd/c11-9-4-7(10(14)15)3-6-1-2-12-5-8(6)13-9;/h1-3,5H,4H2,(H3,11,13,14,15);/p-1. The monoisotopic (exact) mass is 308 g/mol. The predicted molar refractivity (Wildman–Crippen MR) is 55.9 cm³/mol. The fraction of sp³-hybridized carbons (Fsp3) is 0.100. The van der Waals surface area contributed by atoms with Crippen LogP contribution in [0.4, 0.5) is 5.69 Å². The molecule has 16 heavy (non-hydrogen) atoms. The Balaban J connectivity index is 0.00000128. The van der Waals surface area contributed by atoms with Crippen LogP contribution < -0.4 is 0 Å². The van der Waals surface area contributed by atoms with Gasteiger partial charge in [0.25, 0.3) is 0 Å². The summed E-state index contributed by atoms with van der Waals surface area (Å²) < 4.78 is 0. The van der Waals surface area contributed by atoms with Gasteiger partial charge in [-0.15, -0.1) is 0 Å². The number of nitrogens with one attached hydrogen (secondary N) is 1. The number of nitrogens with zero attached hydrogens (tertiary/aromatic N) is 2. The Bertz CT molecular complexity index is 483. The van der Waals surface area contributed by atoms with Crippen LogP contribution in [-0.2, 0) is 25.2 Å². The molecule has 0 spiro atoms. The molecule has 0 saturated carbocycles. The first-order valence-electron chi connectivity index (χ1n) is 4.34. The number of amidine groups is 1. The van der Waals surface area contributed by atoms with E-state index in [9.17, 15) is 4.79 Å². The summed E-state index contributed by atoms with van der Waals surface area (Å²) in [5, 5.41) is 8.88. The average Bonchev–Trinajstić information content (AvgIpc) is 2.35. The molecule has 2 heterocycles. The number of aliphatic imine (C=N–C) groups is 1. The van der Waals surface area contributed by atoms with Crippen LogP contribution in [0.5, 0.6) is 0 Å². The minimum absolute atomic E-state index is 0. The van der Waals surface area contributed by atoms with Crippen molar-refractivity contribution >= 4 is 23.6 Å². The molecule has 0 fully saturated rings. The van der Waals surface area contributed by atoms with E-state index in [0.29, 0.717) is 11.3 Å². The van der Waals surface area contributed by atoms with Crippen LogP contribution >= 0.6 is 0 Å². The Labute approximate surface area is 106 Å². The molecule has 2 N–H and O–H groups in total. The minimum Gasteiger partial charge on any atom is -0.485 e. The van der Waals surface area contributed by atoms with E-state index < -0.39 is 5.97 Å². The third kappa shape index (κ3) is 2.54. The summed E-state index contributed by atoms with van der Waals surface area (Å²) in [7, 11) is 0. The van der Waals surface area contributed by atoms with Crippen LogP contribution in [0.25, 0.3) is 11.8 Å². The molecule has 0 amide bonds. The molecule has 2 rings (SSSR count). The Morgan fingerprint density at radius 3 is 2.94 bits per heavy atom. The zero-order chi connectivity index (χ0) is 10.8. The van der Waals surface area contributed by atoms with Gasteiger partial charge in [-0.25, -0.2) is 4.79 Å². The molecule has 0 radical (unpaired) electrons. The van der Waals surface area contributed by atoms with Crippen molar-refractivity contribution in [2.75, 3.05) is 0 Å². The number of carboxylic acids is 1. The van der Waals surface area contributed by atoms with Crippen molar-refractivity contribution in [1.82, 2.24) is 4.98 Å². The molecule has 1 aromatic rings. The van der Waals surface area contributed by atoms with E-state index in [0.717, 1.165) is 0 Å². The number of carboxylic acid groups (broad SMARTS) is 1. The van der Waals surface area contributed by atoms with E-state index in [2.05, 4.69) is 9.98 Å². The van der Waals surface area contributed by atoms with Crippen LogP contribution in [0.3, 0.4) is 0 Å². The zero-order valence-corrected chi connectivity index (χ0v) is 9.64. The first kappa shape index (κ1) is 12.6. The Hall–Kier alpha value is -1.51. The number of pyridine rings is 1. The minimum atomic E-state index is -1.01. The van der Waals surface area contributed by atoms with Crippen LogP contribution in [-0.4, -0.2) is 21.9 Å². The SMILES string of the molecule is [NH-]C1=Nc2cnccc2C=C(C(=O)O)C1.[Pd]. The molecule has 1 aliphatic rings. The van der Waals surface area contributed by atoms with Crippen LogP contribution in [0.2, 0.25) is 0 Å². The number of fused-ring (bicyclic) bond motifs is 1. The molecule has 5 nitrogen and oxygen atoms in total. The van der Waals surface area contributed by atoms with Crippen molar-refractivity contribution in [3.05, 3.63) is 35.3 Å². The molecule has 0 bridgehead atoms. The molecular weight excluding hydrogens is 301 g/mol. The van der Waals surface area contributed by atoms with Crippen molar-refractivity contribution in [3.8, 4) is 0 Å². The second kappa shape index (κ2) is 5.01.